The summed E-state index contributed by atoms with van der Waals surface area (Å²) in [4.78, 5) is 16.5. The summed E-state index contributed by atoms with van der Waals surface area (Å²) in [5, 5.41) is 10.1. The number of ether oxygens (including phenoxy) is 1. The monoisotopic (exact) mass is 622 g/mol. The van der Waals surface area contributed by atoms with Gasteiger partial charge in [-0.3, -0.25) is 4.90 Å². The van der Waals surface area contributed by atoms with Crippen LogP contribution in [0.5, 0.6) is 6.01 Å². The molecular weight excluding hydrogens is 592 g/mol. The Morgan fingerprint density at radius 3 is 2.56 bits per heavy atom. The summed E-state index contributed by atoms with van der Waals surface area (Å²) in [6.07, 6.45) is 4.22. The summed E-state index contributed by atoms with van der Waals surface area (Å²) in [5.41, 5.74) is 3.86. The van der Waals surface area contributed by atoms with E-state index in [2.05, 4.69) is 19.9 Å². The van der Waals surface area contributed by atoms with E-state index in [-0.39, 0.29) is 33.0 Å². The van der Waals surface area contributed by atoms with Gasteiger partial charge in [-0.1, -0.05) is 11.6 Å². The smallest absolute Gasteiger partial charge is 0.318 e. The first-order valence-electron chi connectivity index (χ1n) is 14.2. The van der Waals surface area contributed by atoms with E-state index in [0.717, 1.165) is 13.0 Å². The predicted molar refractivity (Wildman–Crippen MR) is 155 cm³/mol. The van der Waals surface area contributed by atoms with Crippen LogP contribution in [0.3, 0.4) is 0 Å². The number of nitrogens with zero attached hydrogens (tertiary/aromatic N) is 5. The Morgan fingerprint density at radius 1 is 1.00 bits per heavy atom. The van der Waals surface area contributed by atoms with Crippen molar-refractivity contribution in [1.29, 1.82) is 0 Å². The quantitative estimate of drug-likeness (QED) is 0.280. The number of oxazole rings is 1. The molecular formula is C29H31ClF4N6O3. The molecule has 4 aromatic rings. The molecule has 3 atom stereocenters. The molecule has 0 aliphatic carbocycles. The van der Waals surface area contributed by atoms with Crippen molar-refractivity contribution in [3.05, 3.63) is 34.6 Å². The molecule has 0 saturated carbocycles. The second-order valence-electron chi connectivity index (χ2n) is 11.1. The van der Waals surface area contributed by atoms with Crippen molar-refractivity contribution in [3.8, 4) is 17.1 Å². The van der Waals surface area contributed by atoms with Crippen molar-refractivity contribution in [2.45, 2.75) is 56.8 Å². The van der Waals surface area contributed by atoms with Gasteiger partial charge in [-0.05, 0) is 51.1 Å². The predicted octanol–water partition coefficient (Wildman–Crippen LogP) is 5.64. The number of aliphatic hydroxyl groups is 1. The van der Waals surface area contributed by atoms with Crippen LogP contribution in [-0.4, -0.2) is 76.6 Å². The molecule has 3 N–H and O–H groups in total. The van der Waals surface area contributed by atoms with Crippen LogP contribution in [-0.2, 0) is 0 Å². The van der Waals surface area contributed by atoms with E-state index in [4.69, 9.17) is 26.5 Å². The molecule has 43 heavy (non-hydrogen) atoms. The number of alkyl halides is 1. The number of aromatic nitrogens is 3. The lowest BCUT2D eigenvalue weighted by atomic mass is 10.00. The maximum Gasteiger partial charge on any atom is 0.318 e. The Balaban J connectivity index is 0.000000310. The highest BCUT2D eigenvalue weighted by molar-refractivity contribution is 6.35. The summed E-state index contributed by atoms with van der Waals surface area (Å²) in [6, 6.07) is 2.07. The highest BCUT2D eigenvalue weighted by Gasteiger charge is 2.35. The van der Waals surface area contributed by atoms with Crippen molar-refractivity contribution in [3.63, 3.8) is 0 Å². The van der Waals surface area contributed by atoms with Gasteiger partial charge in [0.1, 0.15) is 28.8 Å². The van der Waals surface area contributed by atoms with Crippen LogP contribution in [0.25, 0.3) is 33.1 Å². The molecule has 0 spiro atoms. The molecule has 3 aliphatic rings. The highest BCUT2D eigenvalue weighted by atomic mass is 35.5. The van der Waals surface area contributed by atoms with E-state index in [1.54, 1.807) is 0 Å². The van der Waals surface area contributed by atoms with E-state index >= 15 is 4.39 Å². The van der Waals surface area contributed by atoms with Gasteiger partial charge < -0.3 is 24.9 Å². The number of hydrogen-bond acceptors (Lipinski definition) is 9. The molecule has 0 amide bonds. The van der Waals surface area contributed by atoms with Crippen LogP contribution in [0.2, 0.25) is 5.02 Å². The van der Waals surface area contributed by atoms with Crippen LogP contribution >= 0.6 is 11.6 Å². The Hall–Kier alpha value is -3.42. The number of anilines is 2. The average molecular weight is 623 g/mol. The Labute approximate surface area is 249 Å². The molecule has 2 aromatic carbocycles. The number of benzene rings is 2. The first kappa shape index (κ1) is 29.6. The number of aliphatic hydroxyl groups excluding tert-OH is 1. The third kappa shape index (κ3) is 5.65. The summed E-state index contributed by atoms with van der Waals surface area (Å²) in [6.45, 7) is 2.90. The molecule has 3 aliphatic heterocycles. The van der Waals surface area contributed by atoms with Gasteiger partial charge in [0, 0.05) is 42.7 Å². The van der Waals surface area contributed by atoms with E-state index in [0.29, 0.717) is 56.8 Å². The van der Waals surface area contributed by atoms with E-state index in [1.807, 2.05) is 4.90 Å². The zero-order valence-electron chi connectivity index (χ0n) is 23.4. The van der Waals surface area contributed by atoms with Gasteiger partial charge in [0.25, 0.3) is 6.01 Å². The number of methoxy groups -OCH3 is 1. The minimum atomic E-state index is -1.10. The molecule has 3 saturated heterocycles. The average Bonchev–Trinajstić information content (AvgIpc) is 3.62. The number of halogens is 5. The van der Waals surface area contributed by atoms with Crippen LogP contribution in [0, 0.1) is 17.5 Å². The van der Waals surface area contributed by atoms with E-state index < -0.39 is 46.9 Å². The maximum atomic E-state index is 16.0. The van der Waals surface area contributed by atoms with Crippen molar-refractivity contribution in [2.75, 3.05) is 43.9 Å². The minimum absolute atomic E-state index is 0.102. The van der Waals surface area contributed by atoms with Gasteiger partial charge in [-0.25, -0.2) is 17.6 Å². The standard InChI is InChI=1S/C22H19ClF3N5O3.C7H12FN/c1-33-22-29-17-10(20(30-22)31-5-2-3-9(32)4-6-31)7-11(23)14(16(17)26)15-12(24)8-13(25)19-18(15)28-21(27)34-19;8-6-4-7-2-1-3-9(7)5-6/h7-9,32H,2-6H2,1H3,(H2,27,28);6-7H,1-5H2. The number of nitrogen functional groups attached to an aromatic ring is 1. The molecule has 0 radical (unpaired) electrons. The van der Waals surface area contributed by atoms with Crippen molar-refractivity contribution < 1.29 is 31.8 Å². The first-order chi connectivity index (χ1) is 20.6. The normalized spacial score (nSPS) is 22.5. The molecule has 9 nitrogen and oxygen atoms in total. The fourth-order valence-corrected chi connectivity index (χ4v) is 6.59. The third-order valence-corrected chi connectivity index (χ3v) is 8.62. The van der Waals surface area contributed by atoms with Gasteiger partial charge in [0.05, 0.1) is 23.8 Å². The van der Waals surface area contributed by atoms with Crippen molar-refractivity contribution in [1.82, 2.24) is 19.9 Å². The van der Waals surface area contributed by atoms with Gasteiger partial charge in [-0.15, -0.1) is 0 Å². The van der Waals surface area contributed by atoms with Gasteiger partial charge in [-0.2, -0.15) is 15.0 Å². The minimum Gasteiger partial charge on any atom is -0.467 e. The summed E-state index contributed by atoms with van der Waals surface area (Å²) in [7, 11) is 1.34. The first-order valence-corrected chi connectivity index (χ1v) is 14.6. The molecule has 7 rings (SSSR count). The molecule has 5 heterocycles. The molecule has 3 unspecified atom stereocenters. The van der Waals surface area contributed by atoms with Crippen LogP contribution in [0.4, 0.5) is 29.4 Å². The fourth-order valence-electron chi connectivity index (χ4n) is 6.31. The summed E-state index contributed by atoms with van der Waals surface area (Å²) < 4.78 is 68.0. The molecule has 230 valence electrons. The SMILES string of the molecule is COc1nc(N2CCCC(O)CC2)c2cc(Cl)c(-c3c(F)cc(F)c4oc(N)nc34)c(F)c2n1.FC1CC2CCCN2C1. The number of nitrogens with two attached hydrogens (primary N) is 1. The van der Waals surface area contributed by atoms with Crippen molar-refractivity contribution >= 4 is 45.4 Å². The second kappa shape index (κ2) is 11.9. The molecule has 2 aromatic heterocycles. The maximum absolute atomic E-state index is 16.0. The Bertz CT molecular complexity index is 1660. The number of rotatable bonds is 3. The zero-order chi connectivity index (χ0) is 30.4. The van der Waals surface area contributed by atoms with Gasteiger partial charge in [0.15, 0.2) is 17.2 Å². The van der Waals surface area contributed by atoms with Crippen LogP contribution in [0.1, 0.15) is 38.5 Å². The van der Waals surface area contributed by atoms with Gasteiger partial charge >= 0.3 is 6.01 Å². The van der Waals surface area contributed by atoms with E-state index in [1.165, 1.54) is 26.0 Å². The lowest BCUT2D eigenvalue weighted by molar-refractivity contribution is 0.161. The molecule has 14 heteroatoms. The fraction of sp³-hybridized carbons (Fsp3) is 0.483. The van der Waals surface area contributed by atoms with Gasteiger partial charge in [0.2, 0.25) is 0 Å². The third-order valence-electron chi connectivity index (χ3n) is 8.32. The topological polar surface area (TPSA) is 114 Å². The zero-order valence-corrected chi connectivity index (χ0v) is 24.2. The largest absolute Gasteiger partial charge is 0.467 e. The number of fused-ring (bicyclic) bond motifs is 3. The highest BCUT2D eigenvalue weighted by Crippen LogP contribution is 2.43. The van der Waals surface area contributed by atoms with Crippen LogP contribution in [0.15, 0.2) is 16.5 Å². The Morgan fingerprint density at radius 2 is 1.79 bits per heavy atom. The molecule has 0 bridgehead atoms. The Kier molecular flexibility index (Phi) is 8.22. The van der Waals surface area contributed by atoms with E-state index in [9.17, 15) is 18.3 Å². The summed E-state index contributed by atoms with van der Waals surface area (Å²) in [5.74, 6) is -2.72. The molecule has 3 fully saturated rings. The lowest BCUT2D eigenvalue weighted by Crippen LogP contribution is -2.26. The number of hydrogen-bond donors (Lipinski definition) is 2. The summed E-state index contributed by atoms with van der Waals surface area (Å²) >= 11 is 6.47. The second-order valence-corrected chi connectivity index (χ2v) is 11.5. The van der Waals surface area contributed by atoms with Crippen LogP contribution < -0.4 is 15.4 Å². The lowest BCUT2D eigenvalue weighted by Gasteiger charge is -2.24. The van der Waals surface area contributed by atoms with Crippen molar-refractivity contribution in [2.24, 2.45) is 0 Å².